The third-order valence-corrected chi connectivity index (χ3v) is 6.33. The molecule has 0 spiro atoms. The van der Waals surface area contributed by atoms with Gasteiger partial charge in [0.25, 0.3) is 0 Å². The zero-order chi connectivity index (χ0) is 26.4. The number of aliphatic carboxylic acids is 2. The lowest BCUT2D eigenvalue weighted by Crippen LogP contribution is -2.50. The first-order chi connectivity index (χ1) is 17.1. The molecule has 1 aliphatic heterocycles. The molecule has 1 aromatic heterocycles. The van der Waals surface area contributed by atoms with Gasteiger partial charge in [-0.25, -0.2) is 19.0 Å². The van der Waals surface area contributed by atoms with Gasteiger partial charge < -0.3 is 35.4 Å². The molecule has 1 fully saturated rings. The molecular formula is C25H32FN3O7. The number of nitrogens with one attached hydrogen (secondary N) is 1. The molecule has 10 nitrogen and oxygen atoms in total. The van der Waals surface area contributed by atoms with Gasteiger partial charge in [-0.3, -0.25) is 0 Å². The van der Waals surface area contributed by atoms with E-state index in [1.54, 1.807) is 12.1 Å². The lowest BCUT2D eigenvalue weighted by atomic mass is 10.1. The second-order valence-electron chi connectivity index (χ2n) is 8.94. The SMILES string of the molecule is Cc1ccc(F)cc1CO[C@H]1CCc2ccc(N3CCNC[C@H]3C)nc21.O=C(O)[C@H](O)[C@@H](O)C(=O)O. The molecule has 2 heterocycles. The second-order valence-corrected chi connectivity index (χ2v) is 8.94. The van der Waals surface area contributed by atoms with Gasteiger partial charge in [0, 0.05) is 25.7 Å². The molecule has 2 aromatic rings. The monoisotopic (exact) mass is 505 g/mol. The van der Waals surface area contributed by atoms with Crippen molar-refractivity contribution < 1.29 is 39.1 Å². The Kier molecular flexibility index (Phi) is 9.32. The fourth-order valence-corrected chi connectivity index (χ4v) is 4.17. The van der Waals surface area contributed by atoms with E-state index in [0.717, 1.165) is 55.1 Å². The number of carboxylic acids is 2. The van der Waals surface area contributed by atoms with Crippen molar-refractivity contribution in [2.45, 2.75) is 57.6 Å². The summed E-state index contributed by atoms with van der Waals surface area (Å²) in [5, 5.41) is 35.9. The van der Waals surface area contributed by atoms with Gasteiger partial charge in [0.2, 0.25) is 0 Å². The van der Waals surface area contributed by atoms with Gasteiger partial charge in [-0.05, 0) is 61.6 Å². The number of aryl methyl sites for hydroxylation is 2. The summed E-state index contributed by atoms with van der Waals surface area (Å²) < 4.78 is 19.7. The van der Waals surface area contributed by atoms with E-state index in [1.807, 2.05) is 6.92 Å². The molecule has 0 unspecified atom stereocenters. The highest BCUT2D eigenvalue weighted by Crippen LogP contribution is 2.35. The number of benzene rings is 1. The summed E-state index contributed by atoms with van der Waals surface area (Å²) in [4.78, 5) is 26.9. The van der Waals surface area contributed by atoms with Crippen LogP contribution in [0.4, 0.5) is 10.2 Å². The lowest BCUT2D eigenvalue weighted by molar-refractivity contribution is -0.165. The number of aliphatic hydroxyl groups is 2. The number of aromatic nitrogens is 1. The van der Waals surface area contributed by atoms with E-state index in [0.29, 0.717) is 12.6 Å². The van der Waals surface area contributed by atoms with Crippen molar-refractivity contribution in [3.63, 3.8) is 0 Å². The second kappa shape index (κ2) is 12.2. The average molecular weight is 506 g/mol. The van der Waals surface area contributed by atoms with E-state index in [4.69, 9.17) is 30.1 Å². The molecule has 4 atom stereocenters. The Hall–Kier alpha value is -3.12. The number of fused-ring (bicyclic) bond motifs is 1. The maximum absolute atomic E-state index is 13.5. The number of carboxylic acid groups (broad SMARTS) is 2. The van der Waals surface area contributed by atoms with Gasteiger partial charge in [0.1, 0.15) is 17.7 Å². The van der Waals surface area contributed by atoms with Crippen LogP contribution < -0.4 is 10.2 Å². The first-order valence-electron chi connectivity index (χ1n) is 11.7. The fourth-order valence-electron chi connectivity index (χ4n) is 4.17. The number of hydrogen-bond donors (Lipinski definition) is 5. The molecule has 0 radical (unpaired) electrons. The van der Waals surface area contributed by atoms with Crippen LogP contribution in [0.2, 0.25) is 0 Å². The van der Waals surface area contributed by atoms with Crippen molar-refractivity contribution in [1.29, 1.82) is 0 Å². The van der Waals surface area contributed by atoms with E-state index in [1.165, 1.54) is 11.6 Å². The number of aliphatic hydroxyl groups excluding tert-OH is 2. The maximum atomic E-state index is 13.5. The van der Waals surface area contributed by atoms with Gasteiger partial charge in [0.05, 0.1) is 12.3 Å². The highest BCUT2D eigenvalue weighted by Gasteiger charge is 2.29. The van der Waals surface area contributed by atoms with Crippen LogP contribution in [0.15, 0.2) is 30.3 Å². The summed E-state index contributed by atoms with van der Waals surface area (Å²) in [7, 11) is 0. The van der Waals surface area contributed by atoms with E-state index >= 15 is 0 Å². The van der Waals surface area contributed by atoms with Crippen molar-refractivity contribution in [1.82, 2.24) is 10.3 Å². The summed E-state index contributed by atoms with van der Waals surface area (Å²) in [6.45, 7) is 7.58. The highest BCUT2D eigenvalue weighted by atomic mass is 19.1. The molecule has 196 valence electrons. The molecular weight excluding hydrogens is 473 g/mol. The van der Waals surface area contributed by atoms with Gasteiger partial charge in [-0.15, -0.1) is 0 Å². The minimum Gasteiger partial charge on any atom is -0.479 e. The van der Waals surface area contributed by atoms with Crippen LogP contribution in [0.25, 0.3) is 0 Å². The minimum absolute atomic E-state index is 0.00848. The Bertz CT molecular complexity index is 1070. The maximum Gasteiger partial charge on any atom is 0.335 e. The molecule has 5 N–H and O–H groups in total. The Morgan fingerprint density at radius 3 is 2.53 bits per heavy atom. The number of piperazine rings is 1. The zero-order valence-electron chi connectivity index (χ0n) is 20.2. The van der Waals surface area contributed by atoms with Gasteiger partial charge in [-0.1, -0.05) is 12.1 Å². The summed E-state index contributed by atoms with van der Waals surface area (Å²) in [5.74, 6) is -2.71. The molecule has 1 aromatic carbocycles. The number of ether oxygens (including phenoxy) is 1. The Morgan fingerprint density at radius 2 is 1.89 bits per heavy atom. The molecule has 0 saturated carbocycles. The number of nitrogens with zero attached hydrogens (tertiary/aromatic N) is 2. The number of carbonyl (C=O) groups is 2. The molecule has 4 rings (SSSR count). The van der Waals surface area contributed by atoms with Gasteiger partial charge >= 0.3 is 11.9 Å². The number of rotatable bonds is 7. The predicted octanol–water partition coefficient (Wildman–Crippen LogP) is 1.41. The van der Waals surface area contributed by atoms with Crippen LogP contribution in [-0.4, -0.2) is 75.2 Å². The van der Waals surface area contributed by atoms with E-state index in [9.17, 15) is 14.0 Å². The van der Waals surface area contributed by atoms with Crippen LogP contribution in [0.3, 0.4) is 0 Å². The first kappa shape index (κ1) is 27.5. The summed E-state index contributed by atoms with van der Waals surface area (Å²) >= 11 is 0. The van der Waals surface area contributed by atoms with E-state index < -0.39 is 24.1 Å². The molecule has 0 bridgehead atoms. The fraction of sp³-hybridized carbons (Fsp3) is 0.480. The summed E-state index contributed by atoms with van der Waals surface area (Å²) in [6, 6.07) is 9.63. The first-order valence-corrected chi connectivity index (χ1v) is 11.7. The van der Waals surface area contributed by atoms with Crippen molar-refractivity contribution in [2.75, 3.05) is 24.5 Å². The topological polar surface area (TPSA) is 152 Å². The number of anilines is 1. The number of hydrogen-bond acceptors (Lipinski definition) is 8. The normalized spacial score (nSPS) is 20.6. The smallest absolute Gasteiger partial charge is 0.335 e. The number of pyridine rings is 1. The van der Waals surface area contributed by atoms with Crippen LogP contribution in [0.1, 0.15) is 41.8 Å². The Labute approximate surface area is 208 Å². The molecule has 2 aliphatic rings. The van der Waals surface area contributed by atoms with Crippen LogP contribution in [0.5, 0.6) is 0 Å². The quantitative estimate of drug-likeness (QED) is 0.373. The summed E-state index contributed by atoms with van der Waals surface area (Å²) in [6.07, 6.45) is -2.61. The van der Waals surface area contributed by atoms with Crippen molar-refractivity contribution in [2.24, 2.45) is 0 Å². The van der Waals surface area contributed by atoms with E-state index in [2.05, 4.69) is 29.3 Å². The predicted molar refractivity (Wildman–Crippen MR) is 128 cm³/mol. The minimum atomic E-state index is -2.27. The molecule has 36 heavy (non-hydrogen) atoms. The van der Waals surface area contributed by atoms with Crippen molar-refractivity contribution in [3.8, 4) is 0 Å². The zero-order valence-corrected chi connectivity index (χ0v) is 20.2. The third kappa shape index (κ3) is 6.76. The highest BCUT2D eigenvalue weighted by molar-refractivity contribution is 5.83. The summed E-state index contributed by atoms with van der Waals surface area (Å²) in [5.41, 5.74) is 4.30. The van der Waals surface area contributed by atoms with Crippen molar-refractivity contribution in [3.05, 3.63) is 58.5 Å². The number of halogens is 1. The van der Waals surface area contributed by atoms with Crippen LogP contribution in [-0.2, 0) is 27.4 Å². The van der Waals surface area contributed by atoms with Crippen LogP contribution in [0, 0.1) is 12.7 Å². The lowest BCUT2D eigenvalue weighted by Gasteiger charge is -2.35. The van der Waals surface area contributed by atoms with Crippen molar-refractivity contribution >= 4 is 17.8 Å². The third-order valence-electron chi connectivity index (χ3n) is 6.33. The molecule has 1 aliphatic carbocycles. The molecule has 1 saturated heterocycles. The average Bonchev–Trinajstić information content (AvgIpc) is 3.26. The van der Waals surface area contributed by atoms with E-state index in [-0.39, 0.29) is 11.9 Å². The molecule has 0 amide bonds. The Balaban J connectivity index is 0.000000308. The van der Waals surface area contributed by atoms with Gasteiger partial charge in [0.15, 0.2) is 12.2 Å². The van der Waals surface area contributed by atoms with Gasteiger partial charge in [-0.2, -0.15) is 0 Å². The molecule has 11 heteroatoms. The Morgan fingerprint density at radius 1 is 1.19 bits per heavy atom. The largest absolute Gasteiger partial charge is 0.479 e. The van der Waals surface area contributed by atoms with Crippen LogP contribution >= 0.6 is 0 Å². The standard InChI is InChI=1S/C21H26FN3O.C4H6O6/c1-14-3-6-18(22)11-17(14)13-26-19-7-4-16-5-8-20(24-21(16)19)25-10-9-23-12-15(25)2;5-1(3(7)8)2(6)4(9)10/h3,5-6,8,11,15,19,23H,4,7,9-10,12-13H2,1-2H3;1-2,5-6H,(H,7,8)(H,9,10)/t15-,19+;1-,2-/m11/s1.